The fraction of sp³-hybridized carbons (Fsp3) is 0. The van der Waals surface area contributed by atoms with Gasteiger partial charge in [0.05, 0.1) is 11.4 Å². The first-order valence-electron chi connectivity index (χ1n) is 0.516. The summed E-state index contributed by atoms with van der Waals surface area (Å²) >= 11 is -2.86. The van der Waals surface area contributed by atoms with Crippen molar-refractivity contribution in [3.05, 3.63) is 0 Å². The SMILES string of the molecule is O.O.O.O.O.O=S([O-])O.[H-].[Na+]. The van der Waals surface area contributed by atoms with Gasteiger partial charge in [-0.1, -0.05) is 0 Å². The van der Waals surface area contributed by atoms with E-state index >= 15 is 0 Å². The van der Waals surface area contributed by atoms with E-state index in [-0.39, 0.29) is 58.4 Å². The second-order valence-electron chi connectivity index (χ2n) is 0.217. The van der Waals surface area contributed by atoms with Crippen LogP contribution in [0.1, 0.15) is 1.43 Å². The molecule has 0 aromatic carbocycles. The number of rotatable bonds is 0. The molecule has 0 rings (SSSR count). The molecule has 8 nitrogen and oxygen atoms in total. The smallest absolute Gasteiger partial charge is 1.00 e. The molecule has 68 valence electrons. The van der Waals surface area contributed by atoms with Gasteiger partial charge in [-0.15, -0.1) is 0 Å². The summed E-state index contributed by atoms with van der Waals surface area (Å²) in [6.45, 7) is 0. The summed E-state index contributed by atoms with van der Waals surface area (Å²) in [4.78, 5) is 0. The Morgan fingerprint density at radius 3 is 1.10 bits per heavy atom. The van der Waals surface area contributed by atoms with E-state index < -0.39 is 11.4 Å². The predicted octanol–water partition coefficient (Wildman–Crippen LogP) is -7.67. The average Bonchev–Trinajstić information content (AvgIpc) is 0.811. The molecule has 0 aliphatic heterocycles. The molecule has 11 N–H and O–H groups in total. The van der Waals surface area contributed by atoms with E-state index in [1.54, 1.807) is 0 Å². The van der Waals surface area contributed by atoms with Gasteiger partial charge in [0, 0.05) is 0 Å². The zero-order valence-corrected chi connectivity index (χ0v) is 7.99. The minimum absolute atomic E-state index is 0. The van der Waals surface area contributed by atoms with Crippen molar-refractivity contribution in [2.24, 2.45) is 0 Å². The number of hydrogen-bond donors (Lipinski definition) is 1. The molecule has 0 aliphatic rings. The molecule has 0 saturated heterocycles. The van der Waals surface area contributed by atoms with Crippen molar-refractivity contribution in [1.29, 1.82) is 0 Å². The van der Waals surface area contributed by atoms with E-state index in [9.17, 15) is 0 Å². The third-order valence-electron chi connectivity index (χ3n) is 0. The zero-order chi connectivity index (χ0) is 3.58. The second kappa shape index (κ2) is 51.8. The Hall–Kier alpha value is 0.870. The molecule has 0 aliphatic carbocycles. The Kier molecular flexibility index (Phi) is 367. The topological polar surface area (TPSA) is 218 Å². The van der Waals surface area contributed by atoms with Crippen LogP contribution in [0.3, 0.4) is 0 Å². The Morgan fingerprint density at radius 2 is 1.10 bits per heavy atom. The van der Waals surface area contributed by atoms with Gasteiger partial charge in [0.25, 0.3) is 0 Å². The van der Waals surface area contributed by atoms with Crippen LogP contribution >= 0.6 is 0 Å². The van der Waals surface area contributed by atoms with Crippen LogP contribution < -0.4 is 29.6 Å². The molecule has 10 heavy (non-hydrogen) atoms. The third-order valence-corrected chi connectivity index (χ3v) is 0. The fourth-order valence-corrected chi connectivity index (χ4v) is 0. The van der Waals surface area contributed by atoms with E-state index in [0.717, 1.165) is 0 Å². The minimum Gasteiger partial charge on any atom is -1.00 e. The summed E-state index contributed by atoms with van der Waals surface area (Å²) in [5.74, 6) is 0. The van der Waals surface area contributed by atoms with E-state index in [2.05, 4.69) is 0 Å². The van der Waals surface area contributed by atoms with E-state index in [1.165, 1.54) is 0 Å². The molecule has 0 fully saturated rings. The van der Waals surface area contributed by atoms with Crippen LogP contribution in [-0.2, 0) is 11.4 Å². The fourth-order valence-electron chi connectivity index (χ4n) is 0. The maximum Gasteiger partial charge on any atom is 1.00 e. The van der Waals surface area contributed by atoms with Gasteiger partial charge in [0.1, 0.15) is 0 Å². The normalized spacial score (nSPS) is 6.20. The quantitative estimate of drug-likeness (QED) is 0.294. The molecule has 0 spiro atoms. The molecule has 0 saturated carbocycles. The summed E-state index contributed by atoms with van der Waals surface area (Å²) < 4.78 is 24.1. The van der Waals surface area contributed by atoms with Crippen LogP contribution in [0.4, 0.5) is 0 Å². The Morgan fingerprint density at radius 1 is 1.10 bits per heavy atom. The molecule has 1 unspecified atom stereocenters. The summed E-state index contributed by atoms with van der Waals surface area (Å²) in [5.41, 5.74) is 0. The molecule has 0 heterocycles. The largest absolute Gasteiger partial charge is 1.00 e. The van der Waals surface area contributed by atoms with Gasteiger partial charge in [-0.25, -0.2) is 4.21 Å². The third kappa shape index (κ3) is 726. The van der Waals surface area contributed by atoms with Gasteiger partial charge in [-0.05, 0) is 0 Å². The van der Waals surface area contributed by atoms with E-state index in [1.807, 2.05) is 0 Å². The van der Waals surface area contributed by atoms with Crippen molar-refractivity contribution in [3.63, 3.8) is 0 Å². The maximum atomic E-state index is 8.56. The maximum absolute atomic E-state index is 8.56. The first kappa shape index (κ1) is 70.7. The van der Waals surface area contributed by atoms with Gasteiger partial charge < -0.3 is 37.9 Å². The summed E-state index contributed by atoms with van der Waals surface area (Å²) in [5, 5.41) is 0. The molecule has 10 heteroatoms. The Bertz CT molecular complexity index is 37.1. The molecular formula is H12NaO8S-. The molecule has 0 bridgehead atoms. The van der Waals surface area contributed by atoms with Crippen LogP contribution in [0.15, 0.2) is 0 Å². The first-order valence-corrected chi connectivity index (χ1v) is 1.55. The molecule has 0 radical (unpaired) electrons. The van der Waals surface area contributed by atoms with Crippen molar-refractivity contribution in [2.45, 2.75) is 0 Å². The summed E-state index contributed by atoms with van der Waals surface area (Å²) in [7, 11) is 0. The van der Waals surface area contributed by atoms with Crippen molar-refractivity contribution in [3.8, 4) is 0 Å². The van der Waals surface area contributed by atoms with Crippen molar-refractivity contribution >= 4 is 11.4 Å². The molecule has 0 amide bonds. The zero-order valence-electron chi connectivity index (χ0n) is 6.17. The molecule has 0 aromatic rings. The van der Waals surface area contributed by atoms with Gasteiger partial charge >= 0.3 is 29.6 Å². The van der Waals surface area contributed by atoms with Crippen LogP contribution in [-0.4, -0.2) is 40.7 Å². The molecular weight excluding hydrogens is 183 g/mol. The Labute approximate surface area is 83.1 Å². The Balaban J connectivity index is -0.00000000214. The van der Waals surface area contributed by atoms with Crippen LogP contribution in [0.2, 0.25) is 0 Å². The van der Waals surface area contributed by atoms with E-state index in [4.69, 9.17) is 13.3 Å². The van der Waals surface area contributed by atoms with Gasteiger partial charge in [-0.2, -0.15) is 0 Å². The monoisotopic (exact) mass is 195 g/mol. The van der Waals surface area contributed by atoms with Crippen LogP contribution in [0.25, 0.3) is 0 Å². The van der Waals surface area contributed by atoms with Gasteiger partial charge in [0.15, 0.2) is 0 Å². The van der Waals surface area contributed by atoms with Gasteiger partial charge in [0.2, 0.25) is 0 Å². The standard InChI is InChI=1S/Na.H2O3S.5H2O.H/c;1-4(2)3;;;;;;/h;(H2,1,2,3);5*1H2;/q+1;;;;;;;-1/p-1. The van der Waals surface area contributed by atoms with Crippen LogP contribution in [0.5, 0.6) is 0 Å². The molecule has 0 aromatic heterocycles. The minimum atomic E-state index is -2.86. The van der Waals surface area contributed by atoms with Gasteiger partial charge in [-0.3, -0.25) is 0 Å². The average molecular weight is 195 g/mol. The first-order chi connectivity index (χ1) is 1.73. The van der Waals surface area contributed by atoms with Crippen molar-refractivity contribution in [1.82, 2.24) is 0 Å². The molecule has 1 atom stereocenters. The number of hydrogen-bond acceptors (Lipinski definition) is 2. The second-order valence-corrected chi connectivity index (χ2v) is 0.651. The van der Waals surface area contributed by atoms with E-state index in [0.29, 0.717) is 0 Å². The summed E-state index contributed by atoms with van der Waals surface area (Å²) in [6.07, 6.45) is 0. The summed E-state index contributed by atoms with van der Waals surface area (Å²) in [6, 6.07) is 0. The van der Waals surface area contributed by atoms with Crippen molar-refractivity contribution < 1.29 is 71.7 Å². The predicted molar refractivity (Wildman–Crippen MR) is 30.7 cm³/mol. The van der Waals surface area contributed by atoms with Crippen molar-refractivity contribution in [2.75, 3.05) is 0 Å². The van der Waals surface area contributed by atoms with Crippen LogP contribution in [0, 0.1) is 0 Å².